The van der Waals surface area contributed by atoms with Gasteiger partial charge in [0.15, 0.2) is 0 Å². The molecule has 0 aromatic rings. The van der Waals surface area contributed by atoms with Crippen LogP contribution in [0.1, 0.15) is 111 Å². The van der Waals surface area contributed by atoms with E-state index < -0.39 is 0 Å². The molecular weight excluding hydrogens is 283 g/mol. The predicted molar refractivity (Wildman–Crippen MR) is 108 cm³/mol. The lowest BCUT2D eigenvalue weighted by Crippen LogP contribution is -2.03. The summed E-state index contributed by atoms with van der Waals surface area (Å²) in [4.78, 5) is 0. The van der Waals surface area contributed by atoms with Crippen LogP contribution in [-0.2, 0) is 0 Å². The smallest absolute Gasteiger partial charge is 0.0351 e. The molecule has 1 atom stereocenters. The molecule has 0 saturated heterocycles. The van der Waals surface area contributed by atoms with Crippen molar-refractivity contribution < 1.29 is 0 Å². The molecule has 0 amide bonds. The van der Waals surface area contributed by atoms with E-state index in [4.69, 9.17) is 0 Å². The van der Waals surface area contributed by atoms with Crippen molar-refractivity contribution in [3.63, 3.8) is 0 Å². The van der Waals surface area contributed by atoms with Crippen LogP contribution in [-0.4, -0.2) is 6.16 Å². The molecule has 0 aliphatic carbocycles. The summed E-state index contributed by atoms with van der Waals surface area (Å²) in [5.41, 5.74) is 0.526. The molecule has 0 rings (SSSR count). The molecule has 0 nitrogen and oxygen atoms in total. The summed E-state index contributed by atoms with van der Waals surface area (Å²) in [5.74, 6) is 0. The molecule has 0 N–H and O–H groups in total. The van der Waals surface area contributed by atoms with Crippen molar-refractivity contribution in [3.05, 3.63) is 12.2 Å². The van der Waals surface area contributed by atoms with E-state index in [1.165, 1.54) is 96.1 Å². The zero-order valence-electron chi connectivity index (χ0n) is 15.8. The highest BCUT2D eigenvalue weighted by molar-refractivity contribution is 7.16. The lowest BCUT2D eigenvalue weighted by molar-refractivity contribution is 0.356. The van der Waals surface area contributed by atoms with Crippen molar-refractivity contribution in [1.29, 1.82) is 0 Å². The zero-order valence-corrected chi connectivity index (χ0v) is 17.0. The third-order valence-electron chi connectivity index (χ3n) is 4.29. The van der Waals surface area contributed by atoms with Gasteiger partial charge in [0, 0.05) is 0 Å². The number of allylic oxidation sites excluding steroid dienone is 2. The van der Waals surface area contributed by atoms with Crippen LogP contribution in [0.2, 0.25) is 0 Å². The molecule has 0 saturated carbocycles. The highest BCUT2D eigenvalue weighted by Crippen LogP contribution is 2.22. The minimum atomic E-state index is 0.526. The average molecular weight is 327 g/mol. The Morgan fingerprint density at radius 3 is 1.45 bits per heavy atom. The Labute approximate surface area is 144 Å². The number of hydrogen-bond donors (Lipinski definition) is 0. The maximum Gasteiger partial charge on any atom is -0.0351 e. The van der Waals surface area contributed by atoms with Crippen molar-refractivity contribution in [1.82, 2.24) is 0 Å². The maximum atomic E-state index is 2.82. The van der Waals surface area contributed by atoms with E-state index in [0.717, 1.165) is 0 Å². The molecular formula is C21H43P. The van der Waals surface area contributed by atoms with Crippen molar-refractivity contribution in [3.8, 4) is 0 Å². The van der Waals surface area contributed by atoms with E-state index in [1.807, 2.05) is 0 Å². The molecule has 1 heteroatoms. The second-order valence-corrected chi connectivity index (χ2v) is 8.61. The van der Waals surface area contributed by atoms with Gasteiger partial charge in [0.1, 0.15) is 0 Å². The van der Waals surface area contributed by atoms with Gasteiger partial charge in [-0.15, -0.1) is 9.24 Å². The predicted octanol–water partition coefficient (Wildman–Crippen LogP) is 7.93. The fourth-order valence-electron chi connectivity index (χ4n) is 2.80. The Kier molecular flexibility index (Phi) is 16.2. The van der Waals surface area contributed by atoms with Gasteiger partial charge < -0.3 is 0 Å². The maximum absolute atomic E-state index is 2.82. The van der Waals surface area contributed by atoms with Gasteiger partial charge in [0.05, 0.1) is 0 Å². The second kappa shape index (κ2) is 16.0. The first-order chi connectivity index (χ1) is 10.6. The first-order valence-corrected chi connectivity index (χ1v) is 10.7. The van der Waals surface area contributed by atoms with Gasteiger partial charge in [-0.1, -0.05) is 84.3 Å². The summed E-state index contributed by atoms with van der Waals surface area (Å²) in [6, 6.07) is 0. The molecule has 0 aliphatic heterocycles. The fraction of sp³-hybridized carbons (Fsp3) is 0.905. The molecule has 0 bridgehead atoms. The van der Waals surface area contributed by atoms with Gasteiger partial charge >= 0.3 is 0 Å². The minimum Gasteiger partial charge on any atom is -0.138 e. The summed E-state index contributed by atoms with van der Waals surface area (Å²) in [6.45, 7) is 7.05. The normalized spacial score (nSPS) is 12.4. The van der Waals surface area contributed by atoms with Crippen LogP contribution in [0.3, 0.4) is 0 Å². The van der Waals surface area contributed by atoms with Crippen molar-refractivity contribution in [2.75, 3.05) is 6.16 Å². The van der Waals surface area contributed by atoms with E-state index in [0.29, 0.717) is 5.41 Å². The number of rotatable bonds is 15. The summed E-state index contributed by atoms with van der Waals surface area (Å²) in [6.07, 6.45) is 25.7. The Hall–Kier alpha value is 0.170. The second-order valence-electron chi connectivity index (χ2n) is 8.04. The number of hydrogen-bond acceptors (Lipinski definition) is 0. The third-order valence-corrected chi connectivity index (χ3v) is 4.70. The number of unbranched alkanes of at least 4 members (excludes halogenated alkanes) is 11. The molecule has 0 radical (unpaired) electrons. The van der Waals surface area contributed by atoms with Crippen molar-refractivity contribution >= 4 is 9.24 Å². The van der Waals surface area contributed by atoms with Gasteiger partial charge in [-0.25, -0.2) is 0 Å². The van der Waals surface area contributed by atoms with E-state index in [2.05, 4.69) is 42.2 Å². The highest BCUT2D eigenvalue weighted by atomic mass is 31.0. The lowest BCUT2D eigenvalue weighted by atomic mass is 9.89. The van der Waals surface area contributed by atoms with Crippen molar-refractivity contribution in [2.45, 2.75) is 111 Å². The Morgan fingerprint density at radius 2 is 1.00 bits per heavy atom. The third kappa shape index (κ3) is 20.2. The quantitative estimate of drug-likeness (QED) is 0.163. The first-order valence-electron chi connectivity index (χ1n) is 9.91. The van der Waals surface area contributed by atoms with Crippen LogP contribution in [0.4, 0.5) is 0 Å². The summed E-state index contributed by atoms with van der Waals surface area (Å²) in [7, 11) is 2.82. The highest BCUT2D eigenvalue weighted by Gasteiger charge is 2.08. The van der Waals surface area contributed by atoms with Crippen molar-refractivity contribution in [2.24, 2.45) is 5.41 Å². The Bertz CT molecular complexity index is 237. The molecule has 0 heterocycles. The SMILES string of the molecule is CC(C)(C)CCCCCCC/C=C\CCCCCCCCP. The van der Waals surface area contributed by atoms with Crippen LogP contribution < -0.4 is 0 Å². The van der Waals surface area contributed by atoms with Gasteiger partial charge in [-0.05, 0) is 50.1 Å². The molecule has 132 valence electrons. The van der Waals surface area contributed by atoms with E-state index in [-0.39, 0.29) is 0 Å². The molecule has 0 aromatic heterocycles. The standard InChI is InChI=1S/C21H43P/c1-21(2,3)19-17-15-13-11-9-7-5-4-6-8-10-12-14-16-18-20-22/h4-5H,6-20,22H2,1-3H3/b5-4-. The molecule has 0 spiro atoms. The molecule has 22 heavy (non-hydrogen) atoms. The topological polar surface area (TPSA) is 0 Å². The van der Waals surface area contributed by atoms with Crippen LogP contribution in [0.25, 0.3) is 0 Å². The zero-order chi connectivity index (χ0) is 16.5. The van der Waals surface area contributed by atoms with Crippen LogP contribution in [0.5, 0.6) is 0 Å². The summed E-state index contributed by atoms with van der Waals surface area (Å²) < 4.78 is 0. The molecule has 0 fully saturated rings. The summed E-state index contributed by atoms with van der Waals surface area (Å²) >= 11 is 0. The minimum absolute atomic E-state index is 0.526. The fourth-order valence-corrected chi connectivity index (χ4v) is 3.09. The Morgan fingerprint density at radius 1 is 0.591 bits per heavy atom. The van der Waals surface area contributed by atoms with Gasteiger partial charge in [-0.3, -0.25) is 0 Å². The largest absolute Gasteiger partial charge is 0.138 e. The average Bonchev–Trinajstić information content (AvgIpc) is 2.45. The van der Waals surface area contributed by atoms with E-state index in [1.54, 1.807) is 0 Å². The van der Waals surface area contributed by atoms with Crippen LogP contribution in [0, 0.1) is 5.41 Å². The molecule has 0 aliphatic rings. The van der Waals surface area contributed by atoms with Crippen LogP contribution >= 0.6 is 9.24 Å². The van der Waals surface area contributed by atoms with Gasteiger partial charge in [-0.2, -0.15) is 0 Å². The monoisotopic (exact) mass is 326 g/mol. The van der Waals surface area contributed by atoms with Gasteiger partial charge in [0.2, 0.25) is 0 Å². The van der Waals surface area contributed by atoms with E-state index >= 15 is 0 Å². The van der Waals surface area contributed by atoms with E-state index in [9.17, 15) is 0 Å². The summed E-state index contributed by atoms with van der Waals surface area (Å²) in [5, 5.41) is 0. The van der Waals surface area contributed by atoms with Crippen LogP contribution in [0.15, 0.2) is 12.2 Å². The molecule has 0 aromatic carbocycles. The molecule has 1 unspecified atom stereocenters. The first kappa shape index (κ1) is 22.2. The Balaban J connectivity index is 3.12. The lowest BCUT2D eigenvalue weighted by Gasteiger charge is -2.17. The van der Waals surface area contributed by atoms with Gasteiger partial charge in [0.25, 0.3) is 0 Å².